The van der Waals surface area contributed by atoms with Crippen LogP contribution in [0.2, 0.25) is 0 Å². The predicted octanol–water partition coefficient (Wildman–Crippen LogP) is 2.95. The number of aryl methyl sites for hydroxylation is 2. The Morgan fingerprint density at radius 2 is 1.85 bits per heavy atom. The molecular formula is C16H19N3O. The van der Waals surface area contributed by atoms with E-state index in [1.165, 1.54) is 5.56 Å². The number of amides is 1. The molecule has 2 aromatic rings. The number of rotatable bonds is 3. The molecule has 2 rings (SSSR count). The summed E-state index contributed by atoms with van der Waals surface area (Å²) in [5.41, 5.74) is 9.08. The van der Waals surface area contributed by atoms with Crippen molar-refractivity contribution in [3.63, 3.8) is 0 Å². The summed E-state index contributed by atoms with van der Waals surface area (Å²) in [6.07, 6.45) is 0. The van der Waals surface area contributed by atoms with E-state index in [9.17, 15) is 4.79 Å². The average molecular weight is 269 g/mol. The van der Waals surface area contributed by atoms with E-state index in [0.717, 1.165) is 11.4 Å². The van der Waals surface area contributed by atoms with Crippen LogP contribution in [-0.4, -0.2) is 17.4 Å². The van der Waals surface area contributed by atoms with E-state index >= 15 is 0 Å². The zero-order valence-electron chi connectivity index (χ0n) is 12.1. The molecule has 4 nitrogen and oxygen atoms in total. The van der Waals surface area contributed by atoms with Crippen molar-refractivity contribution in [2.24, 2.45) is 0 Å². The first kappa shape index (κ1) is 14.1. The summed E-state index contributed by atoms with van der Waals surface area (Å²) in [4.78, 5) is 18.4. The molecule has 104 valence electrons. The third-order valence-electron chi connectivity index (χ3n) is 3.13. The number of carbonyl (C=O) groups excluding carboxylic acids is 1. The Labute approximate surface area is 119 Å². The van der Waals surface area contributed by atoms with Crippen molar-refractivity contribution < 1.29 is 4.79 Å². The summed E-state index contributed by atoms with van der Waals surface area (Å²) in [5.74, 6) is 0.307. The van der Waals surface area contributed by atoms with Gasteiger partial charge in [0.05, 0.1) is 0 Å². The van der Waals surface area contributed by atoms with Crippen LogP contribution < -0.4 is 10.6 Å². The van der Waals surface area contributed by atoms with E-state index in [4.69, 9.17) is 5.73 Å². The van der Waals surface area contributed by atoms with Gasteiger partial charge in [-0.25, -0.2) is 4.98 Å². The van der Waals surface area contributed by atoms with E-state index in [2.05, 4.69) is 4.98 Å². The first-order valence-electron chi connectivity index (χ1n) is 6.64. The van der Waals surface area contributed by atoms with Gasteiger partial charge in [-0.3, -0.25) is 4.79 Å². The molecule has 20 heavy (non-hydrogen) atoms. The molecule has 0 radical (unpaired) electrons. The van der Waals surface area contributed by atoms with Crippen LogP contribution >= 0.6 is 0 Å². The number of hydrogen-bond donors (Lipinski definition) is 1. The zero-order chi connectivity index (χ0) is 14.7. The molecule has 1 aromatic carbocycles. The molecule has 0 aliphatic heterocycles. The maximum Gasteiger partial charge on any atom is 0.258 e. The molecule has 0 aliphatic rings. The standard InChI is InChI=1S/C16H19N3O/c1-4-19(14-7-5-11(2)6-8-14)16(20)13-9-12(3)18-15(17)10-13/h5-10H,4H2,1-3H3,(H2,17,18). The first-order valence-corrected chi connectivity index (χ1v) is 6.64. The van der Waals surface area contributed by atoms with Gasteiger partial charge in [0.15, 0.2) is 0 Å². The van der Waals surface area contributed by atoms with Crippen LogP contribution in [0.4, 0.5) is 11.5 Å². The number of carbonyl (C=O) groups is 1. The Morgan fingerprint density at radius 1 is 1.20 bits per heavy atom. The molecule has 0 saturated carbocycles. The summed E-state index contributed by atoms with van der Waals surface area (Å²) in [7, 11) is 0. The highest BCUT2D eigenvalue weighted by Gasteiger charge is 2.16. The minimum absolute atomic E-state index is 0.0615. The Kier molecular flexibility index (Phi) is 4.03. The Morgan fingerprint density at radius 3 is 2.40 bits per heavy atom. The Bertz CT molecular complexity index is 600. The van der Waals surface area contributed by atoms with E-state index < -0.39 is 0 Å². The van der Waals surface area contributed by atoms with Crippen LogP contribution in [0.25, 0.3) is 0 Å². The molecule has 0 bridgehead atoms. The van der Waals surface area contributed by atoms with Crippen molar-refractivity contribution in [1.82, 2.24) is 4.98 Å². The highest BCUT2D eigenvalue weighted by Crippen LogP contribution is 2.19. The Hall–Kier alpha value is -2.36. The number of anilines is 2. The number of pyridine rings is 1. The number of hydrogen-bond acceptors (Lipinski definition) is 3. The van der Waals surface area contributed by atoms with Gasteiger partial charge in [0.2, 0.25) is 0 Å². The summed E-state index contributed by atoms with van der Waals surface area (Å²) >= 11 is 0. The summed E-state index contributed by atoms with van der Waals surface area (Å²) in [5, 5.41) is 0. The summed E-state index contributed by atoms with van der Waals surface area (Å²) in [6, 6.07) is 11.3. The second-order valence-electron chi connectivity index (χ2n) is 4.81. The van der Waals surface area contributed by atoms with Crippen molar-refractivity contribution in [3.8, 4) is 0 Å². The van der Waals surface area contributed by atoms with Crippen LogP contribution in [0.1, 0.15) is 28.5 Å². The molecule has 1 aromatic heterocycles. The molecule has 0 aliphatic carbocycles. The highest BCUT2D eigenvalue weighted by atomic mass is 16.2. The van der Waals surface area contributed by atoms with Crippen LogP contribution in [-0.2, 0) is 0 Å². The molecule has 0 atom stereocenters. The molecule has 1 amide bonds. The van der Waals surface area contributed by atoms with Crippen molar-refractivity contribution in [2.75, 3.05) is 17.2 Å². The van der Waals surface area contributed by atoms with Crippen LogP contribution in [0.5, 0.6) is 0 Å². The second kappa shape index (κ2) is 5.74. The molecule has 0 spiro atoms. The molecule has 0 saturated heterocycles. The molecular weight excluding hydrogens is 250 g/mol. The fraction of sp³-hybridized carbons (Fsp3) is 0.250. The lowest BCUT2D eigenvalue weighted by Crippen LogP contribution is -2.30. The average Bonchev–Trinajstić information content (AvgIpc) is 2.40. The molecule has 4 heteroatoms. The van der Waals surface area contributed by atoms with Crippen molar-refractivity contribution in [2.45, 2.75) is 20.8 Å². The fourth-order valence-corrected chi connectivity index (χ4v) is 2.14. The SMILES string of the molecule is CCN(C(=O)c1cc(C)nc(N)c1)c1ccc(C)cc1. The van der Waals surface area contributed by atoms with E-state index in [1.54, 1.807) is 17.0 Å². The number of nitrogen functional groups attached to an aromatic ring is 1. The normalized spacial score (nSPS) is 10.3. The van der Waals surface area contributed by atoms with Crippen molar-refractivity contribution >= 4 is 17.4 Å². The third-order valence-corrected chi connectivity index (χ3v) is 3.13. The topological polar surface area (TPSA) is 59.2 Å². The minimum Gasteiger partial charge on any atom is -0.384 e. The number of aromatic nitrogens is 1. The van der Waals surface area contributed by atoms with E-state index in [1.807, 2.05) is 45.0 Å². The monoisotopic (exact) mass is 269 g/mol. The minimum atomic E-state index is -0.0615. The largest absolute Gasteiger partial charge is 0.384 e. The number of nitrogens with two attached hydrogens (primary N) is 1. The predicted molar refractivity (Wildman–Crippen MR) is 81.9 cm³/mol. The van der Waals surface area contributed by atoms with Gasteiger partial charge in [-0.1, -0.05) is 17.7 Å². The lowest BCUT2D eigenvalue weighted by atomic mass is 10.1. The maximum atomic E-state index is 12.6. The lowest BCUT2D eigenvalue weighted by molar-refractivity contribution is 0.0988. The van der Waals surface area contributed by atoms with Crippen LogP contribution in [0, 0.1) is 13.8 Å². The van der Waals surface area contributed by atoms with Gasteiger partial charge in [-0.2, -0.15) is 0 Å². The van der Waals surface area contributed by atoms with Gasteiger partial charge in [-0.15, -0.1) is 0 Å². The van der Waals surface area contributed by atoms with Crippen molar-refractivity contribution in [1.29, 1.82) is 0 Å². The lowest BCUT2D eigenvalue weighted by Gasteiger charge is -2.21. The quantitative estimate of drug-likeness (QED) is 0.932. The van der Waals surface area contributed by atoms with Crippen LogP contribution in [0.15, 0.2) is 36.4 Å². The highest BCUT2D eigenvalue weighted by molar-refractivity contribution is 6.06. The Balaban J connectivity index is 2.36. The second-order valence-corrected chi connectivity index (χ2v) is 4.81. The van der Waals surface area contributed by atoms with E-state index in [0.29, 0.717) is 17.9 Å². The number of benzene rings is 1. The molecule has 2 N–H and O–H groups in total. The van der Waals surface area contributed by atoms with Crippen molar-refractivity contribution in [3.05, 3.63) is 53.2 Å². The third kappa shape index (κ3) is 2.96. The van der Waals surface area contributed by atoms with Gasteiger partial charge in [-0.05, 0) is 45.0 Å². The fourth-order valence-electron chi connectivity index (χ4n) is 2.14. The number of nitrogens with zero attached hydrogens (tertiary/aromatic N) is 2. The van der Waals surface area contributed by atoms with Gasteiger partial charge < -0.3 is 10.6 Å². The first-order chi connectivity index (χ1) is 9.51. The zero-order valence-corrected chi connectivity index (χ0v) is 12.1. The summed E-state index contributed by atoms with van der Waals surface area (Å²) in [6.45, 7) is 6.41. The molecule has 0 unspecified atom stereocenters. The van der Waals surface area contributed by atoms with Gasteiger partial charge in [0, 0.05) is 23.5 Å². The van der Waals surface area contributed by atoms with Gasteiger partial charge >= 0.3 is 0 Å². The van der Waals surface area contributed by atoms with Gasteiger partial charge in [0.1, 0.15) is 5.82 Å². The molecule has 0 fully saturated rings. The molecule has 1 heterocycles. The summed E-state index contributed by atoms with van der Waals surface area (Å²) < 4.78 is 0. The maximum absolute atomic E-state index is 12.6. The van der Waals surface area contributed by atoms with Gasteiger partial charge in [0.25, 0.3) is 5.91 Å². The smallest absolute Gasteiger partial charge is 0.258 e. The van der Waals surface area contributed by atoms with Crippen LogP contribution in [0.3, 0.4) is 0 Å². The van der Waals surface area contributed by atoms with E-state index in [-0.39, 0.29) is 5.91 Å².